The maximum Gasteiger partial charge on any atom is 0.361 e. The van der Waals surface area contributed by atoms with Crippen LogP contribution >= 0.6 is 0 Å². The van der Waals surface area contributed by atoms with Crippen LogP contribution in [0.5, 0.6) is 0 Å². The zero-order valence-corrected chi connectivity index (χ0v) is 17.5. The molecule has 2 heterocycles. The van der Waals surface area contributed by atoms with Crippen LogP contribution in [-0.4, -0.2) is 51.0 Å². The maximum absolute atomic E-state index is 12.8. The molecule has 1 aromatic heterocycles. The highest BCUT2D eigenvalue weighted by Crippen LogP contribution is 2.52. The molecule has 2 atom stereocenters. The van der Waals surface area contributed by atoms with E-state index in [1.807, 2.05) is 35.2 Å². The average Bonchev–Trinajstić information content (AvgIpc) is 3.16. The van der Waals surface area contributed by atoms with Gasteiger partial charge < -0.3 is 9.64 Å². The second kappa shape index (κ2) is 6.97. The van der Waals surface area contributed by atoms with Crippen LogP contribution in [0.15, 0.2) is 30.3 Å². The van der Waals surface area contributed by atoms with Gasteiger partial charge in [0.25, 0.3) is 5.91 Å². The van der Waals surface area contributed by atoms with Crippen LogP contribution in [0.2, 0.25) is 0 Å². The van der Waals surface area contributed by atoms with Gasteiger partial charge in [-0.1, -0.05) is 39.0 Å². The first kappa shape index (κ1) is 19.6. The smallest absolute Gasteiger partial charge is 0.361 e. The normalized spacial score (nSPS) is 25.1. The molecule has 1 aromatic carbocycles. The molecule has 4 rings (SSSR count). The van der Waals surface area contributed by atoms with Crippen molar-refractivity contribution in [2.45, 2.75) is 53.0 Å². The summed E-state index contributed by atoms with van der Waals surface area (Å²) in [4.78, 5) is 28.6. The number of benzene rings is 1. The minimum absolute atomic E-state index is 0.127. The highest BCUT2D eigenvalue weighted by molar-refractivity contribution is 5.90. The maximum atomic E-state index is 12.8. The summed E-state index contributed by atoms with van der Waals surface area (Å²) in [5, 5.41) is 8.53. The number of carbonyl (C=O) groups excluding carboxylic acids is 2. The number of hydrogen-bond acceptors (Lipinski definition) is 5. The Labute approximate surface area is 171 Å². The summed E-state index contributed by atoms with van der Waals surface area (Å²) < 4.78 is 5.32. The molecule has 0 N–H and O–H groups in total. The van der Waals surface area contributed by atoms with Gasteiger partial charge in [0, 0.05) is 12.6 Å². The third-order valence-electron chi connectivity index (χ3n) is 6.02. The van der Waals surface area contributed by atoms with Gasteiger partial charge in [-0.15, -0.1) is 5.10 Å². The van der Waals surface area contributed by atoms with E-state index in [-0.39, 0.29) is 35.1 Å². The molecule has 7 heteroatoms. The quantitative estimate of drug-likeness (QED) is 0.742. The molecular weight excluding hydrogens is 368 g/mol. The number of carbonyl (C=O) groups is 2. The topological polar surface area (TPSA) is 77.3 Å². The van der Waals surface area contributed by atoms with E-state index in [0.717, 1.165) is 31.5 Å². The molecule has 154 valence electrons. The molecule has 1 saturated carbocycles. The predicted octanol–water partition coefficient (Wildman–Crippen LogP) is 3.16. The second-order valence-electron chi connectivity index (χ2n) is 9.57. The van der Waals surface area contributed by atoms with Gasteiger partial charge in [0.05, 0.1) is 11.4 Å². The molecule has 7 nitrogen and oxygen atoms in total. The van der Waals surface area contributed by atoms with E-state index < -0.39 is 5.97 Å². The van der Waals surface area contributed by atoms with Crippen molar-refractivity contribution in [3.8, 4) is 5.69 Å². The van der Waals surface area contributed by atoms with Crippen LogP contribution in [0, 0.1) is 17.8 Å². The number of para-hydroxylation sites is 1. The second-order valence-corrected chi connectivity index (χ2v) is 9.57. The van der Waals surface area contributed by atoms with E-state index >= 15 is 0 Å². The molecular formula is C22H28N4O3. The van der Waals surface area contributed by atoms with Gasteiger partial charge >= 0.3 is 5.97 Å². The first-order chi connectivity index (χ1) is 13.7. The molecule has 1 aliphatic heterocycles. The van der Waals surface area contributed by atoms with Crippen molar-refractivity contribution in [3.05, 3.63) is 41.7 Å². The van der Waals surface area contributed by atoms with Crippen molar-refractivity contribution in [3.63, 3.8) is 0 Å². The zero-order chi connectivity index (χ0) is 20.8. The van der Waals surface area contributed by atoms with Crippen molar-refractivity contribution >= 4 is 11.9 Å². The Balaban J connectivity index is 1.40. The van der Waals surface area contributed by atoms with E-state index in [4.69, 9.17) is 4.74 Å². The van der Waals surface area contributed by atoms with Gasteiger partial charge in [-0.2, -0.15) is 9.90 Å². The standard InChI is InChI=1S/C22H28N4O3/c1-15-19(24-26(23-15)16-8-6-5-7-9-16)20(28)29-12-18(27)25-14-22(4)11-17(25)10-21(2,3)13-22/h5-9,17H,10-14H2,1-4H3/t17-,22-/m0/s1. The number of aryl methyl sites for hydroxylation is 1. The van der Waals surface area contributed by atoms with Crippen molar-refractivity contribution in [1.82, 2.24) is 19.9 Å². The van der Waals surface area contributed by atoms with Crippen LogP contribution in [0.3, 0.4) is 0 Å². The molecule has 2 bridgehead atoms. The highest BCUT2D eigenvalue weighted by Gasteiger charge is 2.50. The van der Waals surface area contributed by atoms with Gasteiger partial charge in [0.1, 0.15) is 0 Å². The van der Waals surface area contributed by atoms with Crippen LogP contribution in [-0.2, 0) is 9.53 Å². The number of esters is 1. The summed E-state index contributed by atoms with van der Waals surface area (Å²) in [6, 6.07) is 9.58. The summed E-state index contributed by atoms with van der Waals surface area (Å²) in [7, 11) is 0. The number of aromatic nitrogens is 3. The van der Waals surface area contributed by atoms with E-state index in [9.17, 15) is 9.59 Å². The minimum Gasteiger partial charge on any atom is -0.451 e. The molecule has 1 aliphatic carbocycles. The number of fused-ring (bicyclic) bond motifs is 2. The van der Waals surface area contributed by atoms with Gasteiger partial charge in [0.2, 0.25) is 0 Å². The van der Waals surface area contributed by atoms with Gasteiger partial charge in [-0.25, -0.2) is 4.79 Å². The number of rotatable bonds is 4. The minimum atomic E-state index is -0.619. The number of likely N-dealkylation sites (tertiary alicyclic amines) is 1. The number of amides is 1. The third-order valence-corrected chi connectivity index (χ3v) is 6.02. The molecule has 0 radical (unpaired) electrons. The third kappa shape index (κ3) is 3.91. The van der Waals surface area contributed by atoms with Gasteiger partial charge in [-0.05, 0) is 49.1 Å². The lowest BCUT2D eigenvalue weighted by Crippen LogP contribution is -2.39. The fourth-order valence-corrected chi connectivity index (χ4v) is 5.27. The predicted molar refractivity (Wildman–Crippen MR) is 108 cm³/mol. The molecule has 0 spiro atoms. The molecule has 2 aliphatic rings. The van der Waals surface area contributed by atoms with Crippen LogP contribution in [0.25, 0.3) is 5.69 Å². The fourth-order valence-electron chi connectivity index (χ4n) is 5.27. The summed E-state index contributed by atoms with van der Waals surface area (Å²) in [6.07, 6.45) is 3.13. The fraction of sp³-hybridized carbons (Fsp3) is 0.545. The lowest BCUT2D eigenvalue weighted by atomic mass is 9.65. The van der Waals surface area contributed by atoms with Crippen molar-refractivity contribution < 1.29 is 14.3 Å². The van der Waals surface area contributed by atoms with Crippen LogP contribution in [0.1, 0.15) is 56.2 Å². The molecule has 0 unspecified atom stereocenters. The lowest BCUT2D eigenvalue weighted by molar-refractivity contribution is -0.135. The first-order valence-electron chi connectivity index (χ1n) is 10.1. The summed E-state index contributed by atoms with van der Waals surface area (Å²) in [6.45, 7) is 8.97. The lowest BCUT2D eigenvalue weighted by Gasteiger charge is -2.39. The SMILES string of the molecule is Cc1nn(-c2ccccc2)nc1C(=O)OCC(=O)N1C[C@@]2(C)C[C@@H]1CC(C)(C)C2. The highest BCUT2D eigenvalue weighted by atomic mass is 16.5. The average molecular weight is 396 g/mol. The Kier molecular flexibility index (Phi) is 4.71. The first-order valence-corrected chi connectivity index (χ1v) is 10.1. The zero-order valence-electron chi connectivity index (χ0n) is 17.5. The van der Waals surface area contributed by atoms with Gasteiger partial charge in [-0.3, -0.25) is 4.79 Å². The van der Waals surface area contributed by atoms with Crippen LogP contribution < -0.4 is 0 Å². The molecule has 1 amide bonds. The largest absolute Gasteiger partial charge is 0.451 e. The van der Waals surface area contributed by atoms with E-state index in [0.29, 0.717) is 5.69 Å². The molecule has 2 aromatic rings. The van der Waals surface area contributed by atoms with E-state index in [2.05, 4.69) is 31.0 Å². The Morgan fingerprint density at radius 3 is 2.59 bits per heavy atom. The van der Waals surface area contributed by atoms with Crippen molar-refractivity contribution in [2.75, 3.05) is 13.2 Å². The Hall–Kier alpha value is -2.70. The van der Waals surface area contributed by atoms with E-state index in [1.165, 1.54) is 4.80 Å². The number of nitrogens with zero attached hydrogens (tertiary/aromatic N) is 4. The molecule has 1 saturated heterocycles. The molecule has 29 heavy (non-hydrogen) atoms. The van der Waals surface area contributed by atoms with Crippen molar-refractivity contribution in [2.24, 2.45) is 10.8 Å². The monoisotopic (exact) mass is 396 g/mol. The number of hydrogen-bond donors (Lipinski definition) is 0. The summed E-state index contributed by atoms with van der Waals surface area (Å²) in [5.74, 6) is -0.746. The van der Waals surface area contributed by atoms with Crippen LogP contribution in [0.4, 0.5) is 0 Å². The Morgan fingerprint density at radius 1 is 1.14 bits per heavy atom. The summed E-state index contributed by atoms with van der Waals surface area (Å²) in [5.41, 5.74) is 1.75. The summed E-state index contributed by atoms with van der Waals surface area (Å²) >= 11 is 0. The Bertz CT molecular complexity index is 937. The van der Waals surface area contributed by atoms with Crippen molar-refractivity contribution in [1.29, 1.82) is 0 Å². The molecule has 2 fully saturated rings. The van der Waals surface area contributed by atoms with E-state index in [1.54, 1.807) is 6.92 Å². The Morgan fingerprint density at radius 2 is 1.86 bits per heavy atom. The number of ether oxygens (including phenoxy) is 1. The van der Waals surface area contributed by atoms with Gasteiger partial charge in [0.15, 0.2) is 12.3 Å².